The number of anilines is 2. The molecule has 0 bridgehead atoms. The summed E-state index contributed by atoms with van der Waals surface area (Å²) < 4.78 is 5.70. The molecule has 0 spiro atoms. The standard InChI is InChI=1S/C40H56N7/c1-43(39-19-11-9-12-20-39)41-35-37-23-29-45(30-24-37)27-15-5-7-17-33-47(3,4)34-18-8-6-16-28-46-31-25-38(26-32-46)36-42-44(2)40-21-13-10-14-22-40/h9-14,19-26,29-32,35-36H,5-8,15-18,27-28,33-34H2,1-4H3/q+3. The Morgan fingerprint density at radius 2 is 0.872 bits per heavy atom. The van der Waals surface area contributed by atoms with Gasteiger partial charge in [-0.05, 0) is 62.8 Å². The fourth-order valence-corrected chi connectivity index (χ4v) is 5.62. The molecule has 0 aliphatic heterocycles. The van der Waals surface area contributed by atoms with Gasteiger partial charge in [0.1, 0.15) is 13.1 Å². The molecule has 0 saturated heterocycles. The number of pyridine rings is 2. The van der Waals surface area contributed by atoms with Gasteiger partial charge >= 0.3 is 0 Å². The average molecular weight is 635 g/mol. The van der Waals surface area contributed by atoms with Crippen molar-refractivity contribution in [1.29, 1.82) is 0 Å². The van der Waals surface area contributed by atoms with E-state index in [1.54, 1.807) is 0 Å². The monoisotopic (exact) mass is 634 g/mol. The minimum absolute atomic E-state index is 1.07. The van der Waals surface area contributed by atoms with Crippen LogP contribution in [0.2, 0.25) is 0 Å². The third-order valence-corrected chi connectivity index (χ3v) is 8.71. The highest BCUT2D eigenvalue weighted by Crippen LogP contribution is 2.13. The molecule has 0 N–H and O–H groups in total. The summed E-state index contributed by atoms with van der Waals surface area (Å²) in [5, 5.41) is 12.9. The Morgan fingerprint density at radius 1 is 0.511 bits per heavy atom. The number of aromatic nitrogens is 2. The third-order valence-electron chi connectivity index (χ3n) is 8.71. The number of nitrogens with zero attached hydrogens (tertiary/aromatic N) is 7. The molecule has 0 fully saturated rings. The van der Waals surface area contributed by atoms with Crippen molar-refractivity contribution >= 4 is 23.8 Å². The lowest BCUT2D eigenvalue weighted by Gasteiger charge is -2.30. The Labute approximate surface area is 283 Å². The molecular formula is C40H56N7+3. The molecule has 7 heteroatoms. The summed E-state index contributed by atoms with van der Waals surface area (Å²) in [7, 11) is 8.75. The zero-order valence-electron chi connectivity index (χ0n) is 29.2. The zero-order valence-corrected chi connectivity index (χ0v) is 29.2. The van der Waals surface area contributed by atoms with Gasteiger partial charge in [0.2, 0.25) is 0 Å². The summed E-state index contributed by atoms with van der Waals surface area (Å²) in [6.07, 6.45) is 22.8. The summed E-state index contributed by atoms with van der Waals surface area (Å²) in [5.41, 5.74) is 4.39. The predicted octanol–water partition coefficient (Wildman–Crippen LogP) is 7.10. The second-order valence-corrected chi connectivity index (χ2v) is 13.2. The van der Waals surface area contributed by atoms with Crippen LogP contribution in [0.4, 0.5) is 11.4 Å². The first-order valence-corrected chi connectivity index (χ1v) is 17.3. The van der Waals surface area contributed by atoms with E-state index in [0.717, 1.165) is 40.1 Å². The number of hydrogen-bond donors (Lipinski definition) is 0. The Morgan fingerprint density at radius 3 is 1.26 bits per heavy atom. The molecule has 2 heterocycles. The van der Waals surface area contributed by atoms with E-state index < -0.39 is 0 Å². The summed E-state index contributed by atoms with van der Waals surface area (Å²) in [4.78, 5) is 0. The van der Waals surface area contributed by atoms with Gasteiger partial charge in [-0.2, -0.15) is 10.2 Å². The van der Waals surface area contributed by atoms with Crippen LogP contribution >= 0.6 is 0 Å². The largest absolute Gasteiger partial charge is 0.328 e. The Bertz CT molecular complexity index is 1350. The lowest BCUT2D eigenvalue weighted by atomic mass is 10.1. The molecule has 0 aliphatic carbocycles. The number of hydrogen-bond acceptors (Lipinski definition) is 4. The summed E-state index contributed by atoms with van der Waals surface area (Å²) in [6.45, 7) is 4.68. The Hall–Kier alpha value is -4.36. The number of para-hydroxylation sites is 2. The summed E-state index contributed by atoms with van der Waals surface area (Å²) >= 11 is 0. The van der Waals surface area contributed by atoms with Gasteiger partial charge in [-0.1, -0.05) is 36.4 Å². The van der Waals surface area contributed by atoms with Crippen molar-refractivity contribution in [1.82, 2.24) is 0 Å². The highest BCUT2D eigenvalue weighted by molar-refractivity contribution is 5.80. The van der Waals surface area contributed by atoms with E-state index in [2.05, 4.69) is 107 Å². The van der Waals surface area contributed by atoms with Crippen molar-refractivity contribution in [3.8, 4) is 0 Å². The van der Waals surface area contributed by atoms with Crippen LogP contribution < -0.4 is 19.2 Å². The van der Waals surface area contributed by atoms with Gasteiger partial charge in [0.15, 0.2) is 24.8 Å². The number of aryl methyl sites for hydroxylation is 2. The summed E-state index contributed by atoms with van der Waals surface area (Å²) in [5.74, 6) is 0. The topological polar surface area (TPSA) is 39.0 Å². The SMILES string of the molecule is CN(N=Cc1cc[n+](CCCCCC[N+](C)(C)CCCCCC[n+]2ccc(C=NN(C)c3ccccc3)cc2)cc1)c1ccccc1. The molecule has 2 aromatic heterocycles. The van der Waals surface area contributed by atoms with Crippen LogP contribution in [-0.2, 0) is 13.1 Å². The van der Waals surface area contributed by atoms with Crippen molar-refractivity contribution in [2.45, 2.75) is 64.5 Å². The van der Waals surface area contributed by atoms with E-state index in [-0.39, 0.29) is 0 Å². The maximum absolute atomic E-state index is 4.56. The molecule has 0 amide bonds. The van der Waals surface area contributed by atoms with Gasteiger partial charge in [0.25, 0.3) is 0 Å². The van der Waals surface area contributed by atoms with Crippen LogP contribution in [0, 0.1) is 0 Å². The molecule has 0 atom stereocenters. The van der Waals surface area contributed by atoms with Crippen molar-refractivity contribution in [3.05, 3.63) is 121 Å². The first-order chi connectivity index (χ1) is 22.9. The molecule has 248 valence electrons. The lowest BCUT2D eigenvalue weighted by molar-refractivity contribution is -0.890. The van der Waals surface area contributed by atoms with E-state index in [4.69, 9.17) is 0 Å². The molecule has 2 aromatic carbocycles. The number of benzene rings is 2. The minimum atomic E-state index is 1.07. The fourth-order valence-electron chi connectivity index (χ4n) is 5.62. The van der Waals surface area contributed by atoms with Gasteiger partial charge in [0.05, 0.1) is 51.0 Å². The number of hydrazone groups is 2. The quantitative estimate of drug-likeness (QED) is 0.0342. The van der Waals surface area contributed by atoms with Crippen LogP contribution in [0.3, 0.4) is 0 Å². The number of unbranched alkanes of at least 4 members (excludes halogenated alkanes) is 6. The lowest BCUT2D eigenvalue weighted by Crippen LogP contribution is -2.41. The van der Waals surface area contributed by atoms with E-state index >= 15 is 0 Å². The molecule has 0 unspecified atom stereocenters. The van der Waals surface area contributed by atoms with Crippen LogP contribution in [0.5, 0.6) is 0 Å². The predicted molar refractivity (Wildman–Crippen MR) is 197 cm³/mol. The first-order valence-electron chi connectivity index (χ1n) is 17.3. The van der Waals surface area contributed by atoms with E-state index in [1.165, 1.54) is 64.5 Å². The molecule has 0 saturated carbocycles. The number of quaternary nitrogens is 1. The van der Waals surface area contributed by atoms with Crippen molar-refractivity contribution < 1.29 is 13.6 Å². The van der Waals surface area contributed by atoms with Crippen LogP contribution in [0.25, 0.3) is 0 Å². The number of rotatable bonds is 20. The second kappa shape index (κ2) is 19.3. The molecule has 47 heavy (non-hydrogen) atoms. The molecule has 0 radical (unpaired) electrons. The van der Waals surface area contributed by atoms with Gasteiger partial charge < -0.3 is 4.48 Å². The Kier molecular flexibility index (Phi) is 14.6. The van der Waals surface area contributed by atoms with E-state index in [0.29, 0.717) is 0 Å². The molecular weight excluding hydrogens is 578 g/mol. The Balaban J connectivity index is 1.01. The highest BCUT2D eigenvalue weighted by Gasteiger charge is 2.14. The first kappa shape index (κ1) is 35.5. The molecule has 4 aromatic rings. The summed E-state index contributed by atoms with van der Waals surface area (Å²) in [6, 6.07) is 29.0. The van der Waals surface area contributed by atoms with E-state index in [9.17, 15) is 0 Å². The van der Waals surface area contributed by atoms with Crippen molar-refractivity contribution in [2.24, 2.45) is 10.2 Å². The van der Waals surface area contributed by atoms with Gasteiger partial charge in [-0.3, -0.25) is 10.0 Å². The molecule has 0 aliphatic rings. The van der Waals surface area contributed by atoms with Crippen LogP contribution in [0.1, 0.15) is 62.5 Å². The van der Waals surface area contributed by atoms with Crippen LogP contribution in [-0.4, -0.2) is 58.2 Å². The molecule has 4 rings (SSSR count). The smallest absolute Gasteiger partial charge is 0.169 e. The average Bonchev–Trinajstić information content (AvgIpc) is 3.11. The normalized spacial score (nSPS) is 11.8. The molecule has 7 nitrogen and oxygen atoms in total. The van der Waals surface area contributed by atoms with Gasteiger partial charge in [-0.25, -0.2) is 9.13 Å². The third kappa shape index (κ3) is 13.5. The second-order valence-electron chi connectivity index (χ2n) is 13.2. The van der Waals surface area contributed by atoms with Crippen molar-refractivity contribution in [2.75, 3.05) is 51.3 Å². The van der Waals surface area contributed by atoms with Crippen molar-refractivity contribution in [3.63, 3.8) is 0 Å². The zero-order chi connectivity index (χ0) is 33.2. The van der Waals surface area contributed by atoms with Gasteiger partial charge in [-0.15, -0.1) is 0 Å². The maximum atomic E-state index is 4.56. The highest BCUT2D eigenvalue weighted by atomic mass is 15.4. The van der Waals surface area contributed by atoms with Gasteiger partial charge in [0, 0.05) is 62.3 Å². The van der Waals surface area contributed by atoms with Crippen LogP contribution in [0.15, 0.2) is 120 Å². The van der Waals surface area contributed by atoms with E-state index in [1.807, 2.05) is 72.9 Å². The maximum Gasteiger partial charge on any atom is 0.169 e. The fraction of sp³-hybridized carbons (Fsp3) is 0.400. The minimum Gasteiger partial charge on any atom is -0.328 e.